The zero-order valence-electron chi connectivity index (χ0n) is 5.55. The van der Waals surface area contributed by atoms with Crippen LogP contribution in [0.2, 0.25) is 0 Å². The van der Waals surface area contributed by atoms with Crippen LogP contribution in [0.15, 0.2) is 0 Å². The Hall–Kier alpha value is 0.1000. The molecule has 0 aromatic heterocycles. The molecule has 0 saturated carbocycles. The Bertz CT molecular complexity index is 248. The first kappa shape index (κ1) is 10.1. The van der Waals surface area contributed by atoms with Crippen LogP contribution in [0.4, 0.5) is 0 Å². The Balaban J connectivity index is 4.74. The van der Waals surface area contributed by atoms with E-state index in [1.54, 1.807) is 0 Å². The Morgan fingerprint density at radius 2 is 1.70 bits per heavy atom. The van der Waals surface area contributed by atoms with Gasteiger partial charge in [0.15, 0.2) is 14.8 Å². The highest BCUT2D eigenvalue weighted by Crippen LogP contribution is 2.43. The monoisotopic (exact) mass is 188 g/mol. The van der Waals surface area contributed by atoms with Crippen molar-refractivity contribution in [1.29, 1.82) is 0 Å². The van der Waals surface area contributed by atoms with Gasteiger partial charge in [0, 0.05) is 6.26 Å². The zero-order chi connectivity index (χ0) is 8.58. The van der Waals surface area contributed by atoms with Crippen molar-refractivity contribution in [3.8, 4) is 0 Å². The molecule has 7 heteroatoms. The molecule has 0 saturated heterocycles. The van der Waals surface area contributed by atoms with Gasteiger partial charge >= 0.3 is 7.60 Å². The lowest BCUT2D eigenvalue weighted by molar-refractivity contribution is 0.370. The summed E-state index contributed by atoms with van der Waals surface area (Å²) >= 11 is 0. The van der Waals surface area contributed by atoms with Crippen molar-refractivity contribution in [2.75, 3.05) is 6.26 Å². The van der Waals surface area contributed by atoms with E-state index in [0.717, 1.165) is 13.2 Å². The third-order valence-corrected chi connectivity index (χ3v) is 5.25. The molecule has 0 aliphatic heterocycles. The lowest BCUT2D eigenvalue weighted by Gasteiger charge is -2.09. The van der Waals surface area contributed by atoms with Crippen molar-refractivity contribution < 1.29 is 22.8 Å². The van der Waals surface area contributed by atoms with Gasteiger partial charge in [0.1, 0.15) is 0 Å². The SMILES string of the molecule is CC(P(=O)(O)O)S(C)(=O)=O. The molecule has 0 bridgehead atoms. The van der Waals surface area contributed by atoms with Crippen LogP contribution in [-0.4, -0.2) is 29.5 Å². The van der Waals surface area contributed by atoms with Crippen LogP contribution < -0.4 is 0 Å². The normalized spacial score (nSPS) is 16.8. The highest BCUT2D eigenvalue weighted by atomic mass is 32.2. The predicted octanol–water partition coefficient (Wildman–Crippen LogP) is -0.445. The minimum atomic E-state index is -4.47. The van der Waals surface area contributed by atoms with E-state index in [0.29, 0.717) is 0 Å². The lowest BCUT2D eigenvalue weighted by atomic mass is 11.0. The molecule has 5 nitrogen and oxygen atoms in total. The minimum Gasteiger partial charge on any atom is -0.324 e. The van der Waals surface area contributed by atoms with Crippen LogP contribution in [0.25, 0.3) is 0 Å². The van der Waals surface area contributed by atoms with Gasteiger partial charge in [0.2, 0.25) is 0 Å². The van der Waals surface area contributed by atoms with Crippen molar-refractivity contribution in [2.45, 2.75) is 11.9 Å². The van der Waals surface area contributed by atoms with Gasteiger partial charge in [-0.15, -0.1) is 0 Å². The van der Waals surface area contributed by atoms with Gasteiger partial charge in [-0.25, -0.2) is 8.42 Å². The van der Waals surface area contributed by atoms with E-state index < -0.39 is 22.4 Å². The molecule has 0 aliphatic carbocycles. The molecular formula is C3H9O5PS. The van der Waals surface area contributed by atoms with Crippen molar-refractivity contribution >= 4 is 17.4 Å². The molecule has 62 valence electrons. The van der Waals surface area contributed by atoms with Crippen molar-refractivity contribution in [1.82, 2.24) is 0 Å². The maximum absolute atomic E-state index is 10.5. The van der Waals surface area contributed by atoms with E-state index in [2.05, 4.69) is 0 Å². The molecule has 0 amide bonds. The summed E-state index contributed by atoms with van der Waals surface area (Å²) < 4.78 is 31.3. The fraction of sp³-hybridized carbons (Fsp3) is 1.00. The molecule has 0 aromatic rings. The first-order chi connectivity index (χ1) is 4.15. The summed E-state index contributed by atoms with van der Waals surface area (Å²) in [4.78, 5) is 15.1. The third-order valence-electron chi connectivity index (χ3n) is 1.09. The molecular weight excluding hydrogens is 179 g/mol. The van der Waals surface area contributed by atoms with Crippen LogP contribution >= 0.6 is 7.60 Å². The summed E-state index contributed by atoms with van der Waals surface area (Å²) in [6.07, 6.45) is 0.788. The third kappa shape index (κ3) is 2.79. The summed E-state index contributed by atoms with van der Waals surface area (Å²) in [6, 6.07) is 0. The molecule has 2 N–H and O–H groups in total. The average molecular weight is 188 g/mol. The second-order valence-electron chi connectivity index (χ2n) is 2.02. The van der Waals surface area contributed by atoms with Crippen LogP contribution in [-0.2, 0) is 14.4 Å². The van der Waals surface area contributed by atoms with E-state index in [1.165, 1.54) is 0 Å². The Morgan fingerprint density at radius 3 is 1.70 bits per heavy atom. The summed E-state index contributed by atoms with van der Waals surface area (Å²) in [5.41, 5.74) is 0. The highest BCUT2D eigenvalue weighted by Gasteiger charge is 2.32. The Labute approximate surface area is 59.1 Å². The van der Waals surface area contributed by atoms with E-state index in [1.807, 2.05) is 0 Å². The summed E-state index contributed by atoms with van der Waals surface area (Å²) in [6.45, 7) is 0.982. The smallest absolute Gasteiger partial charge is 0.324 e. The van der Waals surface area contributed by atoms with Gasteiger partial charge < -0.3 is 9.79 Å². The topological polar surface area (TPSA) is 91.7 Å². The quantitative estimate of drug-likeness (QED) is 0.573. The van der Waals surface area contributed by atoms with Crippen LogP contribution in [0.5, 0.6) is 0 Å². The molecule has 0 aliphatic rings. The summed E-state index contributed by atoms with van der Waals surface area (Å²) in [7, 11) is -8.09. The van der Waals surface area contributed by atoms with E-state index >= 15 is 0 Å². The van der Waals surface area contributed by atoms with Crippen molar-refractivity contribution in [3.05, 3.63) is 0 Å². The molecule has 0 heterocycles. The standard InChI is InChI=1S/C3H9O5PS/c1-3(9(4,5)6)10(2,7)8/h3H,1-2H3,(H2,4,5,6). The molecule has 10 heavy (non-hydrogen) atoms. The fourth-order valence-electron chi connectivity index (χ4n) is 0.249. The molecule has 0 rings (SSSR count). The second-order valence-corrected chi connectivity index (χ2v) is 6.69. The minimum absolute atomic E-state index is 0.788. The Morgan fingerprint density at radius 1 is 1.40 bits per heavy atom. The highest BCUT2D eigenvalue weighted by molar-refractivity contribution is 7.97. The number of hydrogen-bond acceptors (Lipinski definition) is 3. The predicted molar refractivity (Wildman–Crippen MR) is 36.3 cm³/mol. The van der Waals surface area contributed by atoms with E-state index in [4.69, 9.17) is 9.79 Å². The number of rotatable bonds is 2. The molecule has 0 spiro atoms. The first-order valence-corrected chi connectivity index (χ1v) is 6.03. The number of hydrogen-bond donors (Lipinski definition) is 2. The van der Waals surface area contributed by atoms with Crippen molar-refractivity contribution in [3.63, 3.8) is 0 Å². The van der Waals surface area contributed by atoms with Gasteiger partial charge in [-0.3, -0.25) is 4.57 Å². The zero-order valence-corrected chi connectivity index (χ0v) is 7.26. The van der Waals surface area contributed by atoms with Gasteiger partial charge in [-0.1, -0.05) is 0 Å². The van der Waals surface area contributed by atoms with E-state index in [9.17, 15) is 13.0 Å². The number of sulfone groups is 1. The van der Waals surface area contributed by atoms with Crippen LogP contribution in [0.3, 0.4) is 0 Å². The van der Waals surface area contributed by atoms with Crippen molar-refractivity contribution in [2.24, 2.45) is 0 Å². The lowest BCUT2D eigenvalue weighted by Crippen LogP contribution is -2.15. The largest absolute Gasteiger partial charge is 0.343 e. The van der Waals surface area contributed by atoms with Gasteiger partial charge in [0.25, 0.3) is 0 Å². The molecule has 0 radical (unpaired) electrons. The summed E-state index contributed by atoms with van der Waals surface area (Å²) in [5, 5.41) is 0. The van der Waals surface area contributed by atoms with E-state index in [-0.39, 0.29) is 0 Å². The maximum Gasteiger partial charge on any atom is 0.343 e. The first-order valence-electron chi connectivity index (χ1n) is 2.40. The van der Waals surface area contributed by atoms with Gasteiger partial charge in [0.05, 0.1) is 0 Å². The average Bonchev–Trinajstić information content (AvgIpc) is 1.59. The van der Waals surface area contributed by atoms with Gasteiger partial charge in [-0.2, -0.15) is 0 Å². The van der Waals surface area contributed by atoms with Gasteiger partial charge in [-0.05, 0) is 6.92 Å². The summed E-state index contributed by atoms with van der Waals surface area (Å²) in [5.74, 6) is 0. The Kier molecular flexibility index (Phi) is 2.64. The molecule has 1 atom stereocenters. The fourth-order valence-corrected chi connectivity index (χ4v) is 2.24. The molecule has 0 fully saturated rings. The molecule has 0 aromatic carbocycles. The maximum atomic E-state index is 10.5. The van der Waals surface area contributed by atoms with Crippen LogP contribution in [0.1, 0.15) is 6.92 Å². The van der Waals surface area contributed by atoms with Crippen LogP contribution in [0, 0.1) is 0 Å². The second kappa shape index (κ2) is 2.62. The molecule has 1 unspecified atom stereocenters.